The van der Waals surface area contributed by atoms with Gasteiger partial charge < -0.3 is 4.74 Å². The number of sulfonamides is 1. The van der Waals surface area contributed by atoms with Crippen molar-refractivity contribution in [2.45, 2.75) is 23.5 Å². The van der Waals surface area contributed by atoms with Crippen molar-refractivity contribution in [3.63, 3.8) is 0 Å². The fraction of sp³-hybridized carbons (Fsp3) is 0.533. The molecule has 0 radical (unpaired) electrons. The molecule has 0 aromatic heterocycles. The number of piperazine rings is 1. The van der Waals surface area contributed by atoms with Crippen LogP contribution in [0.25, 0.3) is 0 Å². The molecule has 2 fully saturated rings. The molecule has 2 saturated heterocycles. The molecule has 0 spiro atoms. The summed E-state index contributed by atoms with van der Waals surface area (Å²) in [6.45, 7) is 0.929. The minimum atomic E-state index is -4.75. The average molecular weight is 378 g/mol. The van der Waals surface area contributed by atoms with E-state index in [1.54, 1.807) is 0 Å². The molecule has 0 aliphatic carbocycles. The van der Waals surface area contributed by atoms with Gasteiger partial charge in [0.05, 0.1) is 17.1 Å². The quantitative estimate of drug-likeness (QED) is 0.743. The molecule has 6 nitrogen and oxygen atoms in total. The van der Waals surface area contributed by atoms with Gasteiger partial charge in [-0.25, -0.2) is 8.42 Å². The Morgan fingerprint density at radius 2 is 1.72 bits per heavy atom. The lowest BCUT2D eigenvalue weighted by Crippen LogP contribution is -2.53. The van der Waals surface area contributed by atoms with Crippen LogP contribution < -0.4 is 0 Å². The molecule has 2 aliphatic heterocycles. The predicted molar refractivity (Wildman–Crippen MR) is 81.1 cm³/mol. The van der Waals surface area contributed by atoms with Crippen LogP contribution in [0.1, 0.15) is 12.0 Å². The SMILES string of the molecule is O=C1OCC[C@@H]1N1CCN(S(=O)(=O)c2ccccc2C(F)(F)F)CC1. The van der Waals surface area contributed by atoms with E-state index >= 15 is 0 Å². The lowest BCUT2D eigenvalue weighted by molar-refractivity contribution is -0.143. The lowest BCUT2D eigenvalue weighted by atomic mass is 10.2. The second-order valence-corrected chi connectivity index (χ2v) is 7.81. The van der Waals surface area contributed by atoms with Crippen LogP contribution in [0.4, 0.5) is 13.2 Å². The fourth-order valence-electron chi connectivity index (χ4n) is 3.14. The fourth-order valence-corrected chi connectivity index (χ4v) is 4.77. The van der Waals surface area contributed by atoms with Gasteiger partial charge in [0.1, 0.15) is 6.04 Å². The van der Waals surface area contributed by atoms with Crippen LogP contribution in [-0.2, 0) is 25.7 Å². The summed E-state index contributed by atoms with van der Waals surface area (Å²) in [7, 11) is -4.27. The number of halogens is 3. The van der Waals surface area contributed by atoms with E-state index in [1.807, 2.05) is 4.90 Å². The minimum Gasteiger partial charge on any atom is -0.464 e. The summed E-state index contributed by atoms with van der Waals surface area (Å²) < 4.78 is 70.6. The zero-order valence-electron chi connectivity index (χ0n) is 13.2. The number of hydrogen-bond donors (Lipinski definition) is 0. The summed E-state index contributed by atoms with van der Waals surface area (Å²) in [6, 6.07) is 3.77. The Morgan fingerprint density at radius 1 is 1.08 bits per heavy atom. The Bertz CT molecular complexity index is 758. The second-order valence-electron chi connectivity index (χ2n) is 5.91. The molecular weight excluding hydrogens is 361 g/mol. The first-order chi connectivity index (χ1) is 11.7. The summed E-state index contributed by atoms with van der Waals surface area (Å²) >= 11 is 0. The highest BCUT2D eigenvalue weighted by Gasteiger charge is 2.41. The van der Waals surface area contributed by atoms with Gasteiger partial charge in [-0.05, 0) is 12.1 Å². The van der Waals surface area contributed by atoms with E-state index in [4.69, 9.17) is 4.74 Å². The molecule has 0 unspecified atom stereocenters. The number of nitrogens with zero attached hydrogens (tertiary/aromatic N) is 2. The Hall–Kier alpha value is -1.65. The molecule has 1 atom stereocenters. The maximum absolute atomic E-state index is 13.1. The van der Waals surface area contributed by atoms with E-state index in [0.717, 1.165) is 22.5 Å². The first-order valence-electron chi connectivity index (χ1n) is 7.78. The van der Waals surface area contributed by atoms with Crippen molar-refractivity contribution in [1.29, 1.82) is 0 Å². The van der Waals surface area contributed by atoms with E-state index in [2.05, 4.69) is 0 Å². The molecule has 0 saturated carbocycles. The zero-order valence-corrected chi connectivity index (χ0v) is 14.0. The normalized spacial score (nSPS) is 23.6. The van der Waals surface area contributed by atoms with Crippen molar-refractivity contribution < 1.29 is 31.1 Å². The number of carbonyl (C=O) groups excluding carboxylic acids is 1. The molecule has 1 aromatic carbocycles. The van der Waals surface area contributed by atoms with Crippen molar-refractivity contribution in [2.75, 3.05) is 32.8 Å². The molecular formula is C15H17F3N2O4S. The third-order valence-electron chi connectivity index (χ3n) is 4.43. The standard InChI is InChI=1S/C15H17F3N2O4S/c16-15(17,18)11-3-1-2-4-13(11)25(22,23)20-8-6-19(7-9-20)12-5-10-24-14(12)21/h1-4,12H,5-10H2/t12-/m0/s1. The summed E-state index contributed by atoms with van der Waals surface area (Å²) in [6.07, 6.45) is -4.21. The number of carbonyl (C=O) groups is 1. The number of rotatable bonds is 3. The third-order valence-corrected chi connectivity index (χ3v) is 6.39. The molecule has 2 heterocycles. The topological polar surface area (TPSA) is 66.9 Å². The van der Waals surface area contributed by atoms with E-state index in [-0.39, 0.29) is 32.1 Å². The summed E-state index contributed by atoms with van der Waals surface area (Å²) in [5.74, 6) is -0.335. The van der Waals surface area contributed by atoms with Gasteiger partial charge in [-0.1, -0.05) is 12.1 Å². The molecule has 0 bridgehead atoms. The van der Waals surface area contributed by atoms with Crippen LogP contribution in [0.5, 0.6) is 0 Å². The largest absolute Gasteiger partial charge is 0.464 e. The highest BCUT2D eigenvalue weighted by atomic mass is 32.2. The minimum absolute atomic E-state index is 0.0261. The monoisotopic (exact) mass is 378 g/mol. The number of benzene rings is 1. The molecule has 1 aromatic rings. The molecule has 10 heteroatoms. The van der Waals surface area contributed by atoms with Gasteiger partial charge in [0.2, 0.25) is 10.0 Å². The van der Waals surface area contributed by atoms with Gasteiger partial charge in [0, 0.05) is 32.6 Å². The molecule has 3 rings (SSSR count). The first kappa shape index (κ1) is 18.2. The summed E-state index contributed by atoms with van der Waals surface area (Å²) in [5, 5.41) is 0. The summed E-state index contributed by atoms with van der Waals surface area (Å²) in [4.78, 5) is 12.7. The zero-order chi connectivity index (χ0) is 18.2. The second kappa shape index (κ2) is 6.58. The van der Waals surface area contributed by atoms with Gasteiger partial charge in [-0.15, -0.1) is 0 Å². The van der Waals surface area contributed by atoms with Crippen molar-refractivity contribution in [3.05, 3.63) is 29.8 Å². The highest BCUT2D eigenvalue weighted by Crippen LogP contribution is 2.35. The van der Waals surface area contributed by atoms with Gasteiger partial charge >= 0.3 is 12.1 Å². The molecule has 138 valence electrons. The van der Waals surface area contributed by atoms with Gasteiger partial charge in [0.15, 0.2) is 0 Å². The van der Waals surface area contributed by atoms with E-state index in [0.29, 0.717) is 13.0 Å². The van der Waals surface area contributed by atoms with Gasteiger partial charge in [0.25, 0.3) is 0 Å². The third kappa shape index (κ3) is 3.51. The maximum atomic E-state index is 13.1. The van der Waals surface area contributed by atoms with E-state index in [9.17, 15) is 26.4 Å². The van der Waals surface area contributed by atoms with Crippen molar-refractivity contribution in [1.82, 2.24) is 9.21 Å². The number of alkyl halides is 3. The Morgan fingerprint density at radius 3 is 2.28 bits per heavy atom. The van der Waals surface area contributed by atoms with Crippen LogP contribution in [0, 0.1) is 0 Å². The van der Waals surface area contributed by atoms with Gasteiger partial charge in [-0.3, -0.25) is 9.69 Å². The highest BCUT2D eigenvalue weighted by molar-refractivity contribution is 7.89. The Balaban J connectivity index is 1.78. The van der Waals surface area contributed by atoms with E-state index < -0.39 is 32.7 Å². The number of ether oxygens (including phenoxy) is 1. The lowest BCUT2D eigenvalue weighted by Gasteiger charge is -2.36. The van der Waals surface area contributed by atoms with Crippen LogP contribution in [-0.4, -0.2) is 62.4 Å². The predicted octanol–water partition coefficient (Wildman–Crippen LogP) is 1.33. The van der Waals surface area contributed by atoms with Gasteiger partial charge in [-0.2, -0.15) is 17.5 Å². The van der Waals surface area contributed by atoms with Crippen molar-refractivity contribution in [2.24, 2.45) is 0 Å². The first-order valence-corrected chi connectivity index (χ1v) is 9.22. The Labute approximate surface area is 143 Å². The molecule has 2 aliphatic rings. The Kier molecular flexibility index (Phi) is 4.78. The molecule has 0 amide bonds. The van der Waals surface area contributed by atoms with Crippen LogP contribution in [0.15, 0.2) is 29.2 Å². The smallest absolute Gasteiger partial charge is 0.417 e. The van der Waals surface area contributed by atoms with Crippen molar-refractivity contribution in [3.8, 4) is 0 Å². The maximum Gasteiger partial charge on any atom is 0.417 e. The number of hydrogen-bond acceptors (Lipinski definition) is 5. The van der Waals surface area contributed by atoms with E-state index in [1.165, 1.54) is 6.07 Å². The molecule has 0 N–H and O–H groups in total. The number of cyclic esters (lactones) is 1. The van der Waals surface area contributed by atoms with Crippen LogP contribution >= 0.6 is 0 Å². The average Bonchev–Trinajstić information content (AvgIpc) is 3.00. The van der Waals surface area contributed by atoms with Crippen LogP contribution in [0.3, 0.4) is 0 Å². The molecule has 25 heavy (non-hydrogen) atoms. The van der Waals surface area contributed by atoms with Crippen molar-refractivity contribution >= 4 is 16.0 Å². The number of esters is 1. The summed E-state index contributed by atoms with van der Waals surface area (Å²) in [5.41, 5.74) is -1.17. The van der Waals surface area contributed by atoms with Crippen LogP contribution in [0.2, 0.25) is 0 Å².